The first-order valence-electron chi connectivity index (χ1n) is 4.18. The van der Waals surface area contributed by atoms with Crippen molar-refractivity contribution in [3.63, 3.8) is 0 Å². The minimum atomic E-state index is -1.45. The largest absolute Gasteiger partial charge is 0.499 e. The van der Waals surface area contributed by atoms with E-state index in [0.717, 1.165) is 0 Å². The number of amides is 1. The maximum absolute atomic E-state index is 10.8. The Kier molecular flexibility index (Phi) is 3.34. The standard InChI is InChI=1S/C9H9NO6/c1-4(12)10-8-5(13)2-6(9(14)15)16-7(8)3-11/h11,13H,3H2,1H3,(H,10,12)(H,14,15). The van der Waals surface area contributed by atoms with Crippen molar-refractivity contribution in [1.82, 2.24) is 5.32 Å². The molecule has 1 aliphatic rings. The highest BCUT2D eigenvalue weighted by atomic mass is 16.5. The van der Waals surface area contributed by atoms with Gasteiger partial charge in [-0.15, -0.1) is 0 Å². The van der Waals surface area contributed by atoms with Gasteiger partial charge in [-0.05, 0) is 5.73 Å². The van der Waals surface area contributed by atoms with Gasteiger partial charge in [0.25, 0.3) is 5.76 Å². The number of aliphatic carboxylic acids is 1. The van der Waals surface area contributed by atoms with Crippen LogP contribution in [-0.4, -0.2) is 33.8 Å². The Morgan fingerprint density at radius 3 is 2.56 bits per heavy atom. The van der Waals surface area contributed by atoms with E-state index in [9.17, 15) is 14.7 Å². The second-order valence-electron chi connectivity index (χ2n) is 2.85. The minimum absolute atomic E-state index is 0.194. The molecular weight excluding hydrogens is 218 g/mol. The first-order chi connectivity index (χ1) is 7.45. The van der Waals surface area contributed by atoms with Crippen LogP contribution >= 0.6 is 0 Å². The summed E-state index contributed by atoms with van der Waals surface area (Å²) >= 11 is 0. The van der Waals surface area contributed by atoms with Crippen molar-refractivity contribution < 1.29 is 29.6 Å². The summed E-state index contributed by atoms with van der Waals surface area (Å²) in [5, 5.41) is 29.1. The molecule has 86 valence electrons. The van der Waals surface area contributed by atoms with Gasteiger partial charge in [-0.2, -0.15) is 0 Å². The number of aliphatic hydroxyl groups is 2. The number of carbonyl (C=O) groups is 2. The average Bonchev–Trinajstić information content (AvgIpc) is 2.19. The summed E-state index contributed by atoms with van der Waals surface area (Å²) in [4.78, 5) is 21.3. The molecule has 7 heteroatoms. The molecule has 0 saturated heterocycles. The van der Waals surface area contributed by atoms with E-state index in [0.29, 0.717) is 0 Å². The molecule has 0 saturated carbocycles. The Balaban J connectivity index is 3.17. The van der Waals surface area contributed by atoms with Crippen molar-refractivity contribution in [2.75, 3.05) is 6.61 Å². The first-order valence-corrected chi connectivity index (χ1v) is 4.18. The van der Waals surface area contributed by atoms with Crippen LogP contribution in [0.15, 0.2) is 28.7 Å². The van der Waals surface area contributed by atoms with Crippen molar-refractivity contribution in [2.45, 2.75) is 6.92 Å². The molecule has 0 aromatic rings. The predicted octanol–water partition coefficient (Wildman–Crippen LogP) is -0.634. The Morgan fingerprint density at radius 1 is 1.50 bits per heavy atom. The van der Waals surface area contributed by atoms with Gasteiger partial charge >= 0.3 is 5.97 Å². The third-order valence-electron chi connectivity index (χ3n) is 1.61. The number of nitrogens with one attached hydrogen (secondary N) is 1. The molecule has 0 aromatic carbocycles. The quantitative estimate of drug-likeness (QED) is 0.477. The molecule has 0 radical (unpaired) electrons. The van der Waals surface area contributed by atoms with Gasteiger partial charge in [-0.25, -0.2) is 4.79 Å². The van der Waals surface area contributed by atoms with Gasteiger partial charge in [-0.3, -0.25) is 4.79 Å². The molecule has 1 heterocycles. The third-order valence-corrected chi connectivity index (χ3v) is 1.61. The van der Waals surface area contributed by atoms with Gasteiger partial charge in [0.05, 0.1) is 0 Å². The van der Waals surface area contributed by atoms with Gasteiger partial charge in [0.2, 0.25) is 5.91 Å². The number of hydrogen-bond acceptors (Lipinski definition) is 5. The van der Waals surface area contributed by atoms with Crippen molar-refractivity contribution in [3.05, 3.63) is 28.7 Å². The van der Waals surface area contributed by atoms with Crippen LogP contribution in [0.3, 0.4) is 0 Å². The molecule has 1 rings (SSSR count). The fourth-order valence-corrected chi connectivity index (χ4v) is 1.02. The lowest BCUT2D eigenvalue weighted by Gasteiger charge is -2.16. The van der Waals surface area contributed by atoms with Gasteiger partial charge in [0.15, 0.2) is 11.5 Å². The maximum Gasteiger partial charge on any atom is 0.380 e. The molecule has 0 aliphatic carbocycles. The summed E-state index contributed by atoms with van der Waals surface area (Å²) in [5.41, 5.74) is 1.82. The van der Waals surface area contributed by atoms with E-state index in [1.807, 2.05) is 5.73 Å². The molecular formula is C9H9NO6. The summed E-state index contributed by atoms with van der Waals surface area (Å²) in [6.45, 7) is 0.518. The minimum Gasteiger partial charge on any atom is -0.499 e. The van der Waals surface area contributed by atoms with Crippen LogP contribution in [0.1, 0.15) is 6.92 Å². The molecule has 0 spiro atoms. The Hall–Kier alpha value is -2.24. The van der Waals surface area contributed by atoms with Gasteiger partial charge in [-0.1, -0.05) is 0 Å². The molecule has 1 aliphatic heterocycles. The summed E-state index contributed by atoms with van der Waals surface area (Å²) in [6.07, 6.45) is 0. The summed E-state index contributed by atoms with van der Waals surface area (Å²) in [5.74, 6) is -3.47. The molecule has 7 nitrogen and oxygen atoms in total. The maximum atomic E-state index is 10.8. The molecule has 4 N–H and O–H groups in total. The molecule has 1 amide bonds. The number of carboxylic acid groups (broad SMARTS) is 1. The van der Waals surface area contributed by atoms with Crippen LogP contribution in [-0.2, 0) is 14.3 Å². The number of carbonyl (C=O) groups excluding carboxylic acids is 1. The zero-order valence-corrected chi connectivity index (χ0v) is 8.27. The second kappa shape index (κ2) is 4.52. The Labute approximate surface area is 90.0 Å². The number of ether oxygens (including phenoxy) is 1. The zero-order valence-electron chi connectivity index (χ0n) is 8.27. The van der Waals surface area contributed by atoms with E-state index in [1.54, 1.807) is 0 Å². The number of hydrogen-bond donors (Lipinski definition) is 4. The second-order valence-corrected chi connectivity index (χ2v) is 2.85. The van der Waals surface area contributed by atoms with Gasteiger partial charge < -0.3 is 25.4 Å². The topological polar surface area (TPSA) is 116 Å². The van der Waals surface area contributed by atoms with Crippen molar-refractivity contribution >= 4 is 11.9 Å². The lowest BCUT2D eigenvalue weighted by atomic mass is 10.2. The molecule has 0 fully saturated rings. The summed E-state index contributed by atoms with van der Waals surface area (Å²) in [7, 11) is 0. The van der Waals surface area contributed by atoms with Crippen LogP contribution in [0.25, 0.3) is 0 Å². The van der Waals surface area contributed by atoms with Crippen LogP contribution < -0.4 is 5.32 Å². The van der Waals surface area contributed by atoms with E-state index >= 15 is 0 Å². The van der Waals surface area contributed by atoms with Crippen molar-refractivity contribution in [1.29, 1.82) is 0 Å². The SMILES string of the molecule is CC(=O)NC1=C(CO)OC(C(=O)O)=C=C1O. The van der Waals surface area contributed by atoms with E-state index < -0.39 is 30.0 Å². The third kappa shape index (κ3) is 2.41. The lowest BCUT2D eigenvalue weighted by molar-refractivity contribution is -0.136. The highest BCUT2D eigenvalue weighted by Crippen LogP contribution is 2.19. The van der Waals surface area contributed by atoms with E-state index in [1.165, 1.54) is 6.92 Å². The fourth-order valence-electron chi connectivity index (χ4n) is 1.02. The summed E-state index contributed by atoms with van der Waals surface area (Å²) < 4.78 is 4.72. The van der Waals surface area contributed by atoms with Gasteiger partial charge in [0, 0.05) is 6.92 Å². The number of carboxylic acids is 1. The molecule has 0 bridgehead atoms. The molecule has 0 unspecified atom stereocenters. The molecule has 0 atom stereocenters. The fraction of sp³-hybridized carbons (Fsp3) is 0.222. The number of rotatable bonds is 3. The highest BCUT2D eigenvalue weighted by molar-refractivity contribution is 5.85. The Bertz CT molecular complexity index is 441. The summed E-state index contributed by atoms with van der Waals surface area (Å²) in [6, 6.07) is 0. The lowest BCUT2D eigenvalue weighted by Crippen LogP contribution is -2.26. The van der Waals surface area contributed by atoms with Gasteiger partial charge in [0.1, 0.15) is 12.3 Å². The average molecular weight is 227 g/mol. The first kappa shape index (κ1) is 11.8. The molecule has 0 aromatic heterocycles. The molecule has 16 heavy (non-hydrogen) atoms. The van der Waals surface area contributed by atoms with Crippen LogP contribution in [0.2, 0.25) is 0 Å². The Morgan fingerprint density at radius 2 is 2.12 bits per heavy atom. The smallest absolute Gasteiger partial charge is 0.380 e. The predicted molar refractivity (Wildman–Crippen MR) is 49.8 cm³/mol. The van der Waals surface area contributed by atoms with E-state index in [4.69, 9.17) is 14.9 Å². The van der Waals surface area contributed by atoms with Crippen LogP contribution in [0.4, 0.5) is 0 Å². The number of aliphatic hydroxyl groups excluding tert-OH is 2. The van der Waals surface area contributed by atoms with Crippen LogP contribution in [0.5, 0.6) is 0 Å². The highest BCUT2D eigenvalue weighted by Gasteiger charge is 2.23. The van der Waals surface area contributed by atoms with Crippen LogP contribution in [0, 0.1) is 0 Å². The zero-order chi connectivity index (χ0) is 12.3. The monoisotopic (exact) mass is 227 g/mol. The normalized spacial score (nSPS) is 14.9. The van der Waals surface area contributed by atoms with E-state index in [-0.39, 0.29) is 11.5 Å². The van der Waals surface area contributed by atoms with Crippen molar-refractivity contribution in [3.8, 4) is 0 Å². The van der Waals surface area contributed by atoms with Crippen molar-refractivity contribution in [2.24, 2.45) is 0 Å². The van der Waals surface area contributed by atoms with E-state index in [2.05, 4.69) is 5.32 Å².